The van der Waals surface area contributed by atoms with Crippen molar-refractivity contribution in [1.82, 2.24) is 5.43 Å². The van der Waals surface area contributed by atoms with E-state index in [4.69, 9.17) is 27.9 Å². The van der Waals surface area contributed by atoms with E-state index in [9.17, 15) is 4.79 Å². The van der Waals surface area contributed by atoms with Gasteiger partial charge in [0.15, 0.2) is 0 Å². The number of hydrazone groups is 1. The third kappa shape index (κ3) is 4.96. The Hall–Kier alpha value is -1.08. The summed E-state index contributed by atoms with van der Waals surface area (Å²) in [5, 5.41) is 4.67. The molecule has 0 aliphatic rings. The Morgan fingerprint density at radius 1 is 1.25 bits per heavy atom. The maximum atomic E-state index is 12.0. The van der Waals surface area contributed by atoms with Crippen molar-refractivity contribution < 1.29 is 9.53 Å². The molecule has 0 unspecified atom stereocenters. The van der Waals surface area contributed by atoms with E-state index in [-0.39, 0.29) is 5.02 Å². The Bertz CT molecular complexity index is 775. The minimum atomic E-state index is -0.419. The van der Waals surface area contributed by atoms with Crippen molar-refractivity contribution in [3.8, 4) is 5.75 Å². The van der Waals surface area contributed by atoms with Crippen LogP contribution < -0.4 is 10.2 Å². The second-order valence-corrected chi connectivity index (χ2v) is 7.12. The highest BCUT2D eigenvalue weighted by atomic mass is 79.9. The number of carbonyl (C=O) groups is 1. The molecule has 1 amide bonds. The molecule has 0 heterocycles. The molecular formula is C16H12Br2Cl2N2O2. The van der Waals surface area contributed by atoms with Gasteiger partial charge in [-0.2, -0.15) is 5.10 Å². The summed E-state index contributed by atoms with van der Waals surface area (Å²) >= 11 is 18.7. The fraction of sp³-hybridized carbons (Fsp3) is 0.125. The zero-order chi connectivity index (χ0) is 17.7. The number of hydrogen-bond acceptors (Lipinski definition) is 3. The molecule has 4 nitrogen and oxygen atoms in total. The predicted molar refractivity (Wildman–Crippen MR) is 105 cm³/mol. The molecule has 0 radical (unpaired) electrons. The molecule has 0 aliphatic heterocycles. The van der Waals surface area contributed by atoms with Gasteiger partial charge in [-0.25, -0.2) is 5.43 Å². The van der Waals surface area contributed by atoms with E-state index in [0.29, 0.717) is 22.9 Å². The average Bonchev–Trinajstić information content (AvgIpc) is 2.50. The smallest absolute Gasteiger partial charge is 0.272 e. The van der Waals surface area contributed by atoms with Crippen LogP contribution in [-0.4, -0.2) is 18.7 Å². The summed E-state index contributed by atoms with van der Waals surface area (Å²) in [6, 6.07) is 8.30. The molecule has 0 atom stereocenters. The number of rotatable bonds is 5. The SMILES string of the molecule is CCOc1c(Br)cc(/C=N\NC(=O)c2ccc(Cl)cc2Cl)cc1Br. The first-order chi connectivity index (χ1) is 11.4. The number of carbonyl (C=O) groups excluding carboxylic acids is 1. The number of ether oxygens (including phenoxy) is 1. The quantitative estimate of drug-likeness (QED) is 0.429. The van der Waals surface area contributed by atoms with Gasteiger partial charge in [0.2, 0.25) is 0 Å². The second kappa shape index (κ2) is 8.85. The van der Waals surface area contributed by atoms with Crippen molar-refractivity contribution in [2.45, 2.75) is 6.92 Å². The predicted octanol–water partition coefficient (Wildman–Crippen LogP) is 5.68. The largest absolute Gasteiger partial charge is 0.492 e. The minimum Gasteiger partial charge on any atom is -0.492 e. The van der Waals surface area contributed by atoms with Gasteiger partial charge >= 0.3 is 0 Å². The number of nitrogens with one attached hydrogen (secondary N) is 1. The van der Waals surface area contributed by atoms with Gasteiger partial charge in [-0.1, -0.05) is 23.2 Å². The van der Waals surface area contributed by atoms with E-state index in [1.54, 1.807) is 12.1 Å². The van der Waals surface area contributed by atoms with E-state index in [1.165, 1.54) is 12.3 Å². The summed E-state index contributed by atoms with van der Waals surface area (Å²) in [5.74, 6) is 0.295. The van der Waals surface area contributed by atoms with Crippen LogP contribution in [0.15, 0.2) is 44.4 Å². The van der Waals surface area contributed by atoms with Crippen LogP contribution in [0.4, 0.5) is 0 Å². The van der Waals surface area contributed by atoms with Gasteiger partial charge in [-0.05, 0) is 74.7 Å². The summed E-state index contributed by atoms with van der Waals surface area (Å²) < 4.78 is 7.08. The average molecular weight is 495 g/mol. The third-order valence-corrected chi connectivity index (χ3v) is 4.59. The Morgan fingerprint density at radius 3 is 2.50 bits per heavy atom. The van der Waals surface area contributed by atoms with E-state index in [1.807, 2.05) is 19.1 Å². The molecule has 0 spiro atoms. The lowest BCUT2D eigenvalue weighted by molar-refractivity contribution is 0.0955. The van der Waals surface area contributed by atoms with Gasteiger partial charge in [0.05, 0.1) is 32.4 Å². The number of halogens is 4. The number of amides is 1. The maximum absolute atomic E-state index is 12.0. The summed E-state index contributed by atoms with van der Waals surface area (Å²) in [6.07, 6.45) is 1.52. The standard InChI is InChI=1S/C16H12Br2Cl2N2O2/c1-2-24-15-12(17)5-9(6-13(15)18)8-21-22-16(23)11-4-3-10(19)7-14(11)20/h3-8H,2H2,1H3,(H,22,23)/b21-8-. The molecule has 1 N–H and O–H groups in total. The number of hydrogen-bond donors (Lipinski definition) is 1. The minimum absolute atomic E-state index is 0.266. The van der Waals surface area contributed by atoms with Crippen molar-refractivity contribution in [1.29, 1.82) is 0 Å². The lowest BCUT2D eigenvalue weighted by Gasteiger charge is -2.09. The van der Waals surface area contributed by atoms with Gasteiger partial charge in [0.25, 0.3) is 5.91 Å². The molecular weight excluding hydrogens is 483 g/mol. The van der Waals surface area contributed by atoms with Gasteiger partial charge in [0, 0.05) is 5.02 Å². The van der Waals surface area contributed by atoms with Crippen LogP contribution in [0, 0.1) is 0 Å². The van der Waals surface area contributed by atoms with Gasteiger partial charge in [-0.15, -0.1) is 0 Å². The van der Waals surface area contributed by atoms with Gasteiger partial charge in [-0.3, -0.25) is 4.79 Å². The molecule has 2 rings (SSSR count). The van der Waals surface area contributed by atoms with Crippen LogP contribution in [0.5, 0.6) is 5.75 Å². The molecule has 0 saturated heterocycles. The molecule has 126 valence electrons. The lowest BCUT2D eigenvalue weighted by atomic mass is 10.2. The Morgan fingerprint density at radius 2 is 1.92 bits per heavy atom. The molecule has 8 heteroatoms. The van der Waals surface area contributed by atoms with Crippen LogP contribution in [0.25, 0.3) is 0 Å². The molecule has 0 fully saturated rings. The molecule has 24 heavy (non-hydrogen) atoms. The van der Waals surface area contributed by atoms with Gasteiger partial charge < -0.3 is 4.74 Å². The van der Waals surface area contributed by atoms with E-state index in [0.717, 1.165) is 14.5 Å². The van der Waals surface area contributed by atoms with E-state index in [2.05, 4.69) is 42.4 Å². The summed E-state index contributed by atoms with van der Waals surface area (Å²) in [4.78, 5) is 12.0. The monoisotopic (exact) mass is 492 g/mol. The number of nitrogens with zero attached hydrogens (tertiary/aromatic N) is 1. The molecule has 0 bridgehead atoms. The van der Waals surface area contributed by atoms with Crippen molar-refractivity contribution in [3.05, 3.63) is 60.4 Å². The van der Waals surface area contributed by atoms with Crippen molar-refractivity contribution in [2.24, 2.45) is 5.10 Å². The van der Waals surface area contributed by atoms with E-state index >= 15 is 0 Å². The van der Waals surface area contributed by atoms with Gasteiger partial charge in [0.1, 0.15) is 5.75 Å². The highest BCUT2D eigenvalue weighted by Crippen LogP contribution is 2.34. The first-order valence-electron chi connectivity index (χ1n) is 6.82. The summed E-state index contributed by atoms with van der Waals surface area (Å²) in [5.41, 5.74) is 3.50. The van der Waals surface area contributed by atoms with Crippen LogP contribution in [-0.2, 0) is 0 Å². The Balaban J connectivity index is 2.10. The van der Waals surface area contributed by atoms with Crippen molar-refractivity contribution in [3.63, 3.8) is 0 Å². The fourth-order valence-corrected chi connectivity index (χ4v) is 3.78. The third-order valence-electron chi connectivity index (χ3n) is 2.86. The lowest BCUT2D eigenvalue weighted by Crippen LogP contribution is -2.18. The van der Waals surface area contributed by atoms with E-state index < -0.39 is 5.91 Å². The second-order valence-electron chi connectivity index (χ2n) is 4.57. The summed E-state index contributed by atoms with van der Waals surface area (Å²) in [6.45, 7) is 2.47. The highest BCUT2D eigenvalue weighted by Gasteiger charge is 2.10. The maximum Gasteiger partial charge on any atom is 0.272 e. The van der Waals surface area contributed by atoms with Crippen LogP contribution in [0.2, 0.25) is 10.0 Å². The van der Waals surface area contributed by atoms with Crippen molar-refractivity contribution in [2.75, 3.05) is 6.61 Å². The number of benzene rings is 2. The molecule has 0 aromatic heterocycles. The topological polar surface area (TPSA) is 50.7 Å². The molecule has 2 aromatic carbocycles. The summed E-state index contributed by atoms with van der Waals surface area (Å²) in [7, 11) is 0. The first kappa shape index (κ1) is 19.2. The molecule has 0 saturated carbocycles. The molecule has 0 aliphatic carbocycles. The Labute approximate surface area is 166 Å². The van der Waals surface area contributed by atoms with Crippen LogP contribution in [0.3, 0.4) is 0 Å². The normalized spacial score (nSPS) is 10.9. The first-order valence-corrected chi connectivity index (χ1v) is 9.17. The van der Waals surface area contributed by atoms with Crippen LogP contribution in [0.1, 0.15) is 22.8 Å². The molecule has 2 aromatic rings. The van der Waals surface area contributed by atoms with Crippen LogP contribution >= 0.6 is 55.1 Å². The highest BCUT2D eigenvalue weighted by molar-refractivity contribution is 9.11. The zero-order valence-electron chi connectivity index (χ0n) is 12.4. The zero-order valence-corrected chi connectivity index (χ0v) is 17.1. The van der Waals surface area contributed by atoms with Crippen molar-refractivity contribution >= 4 is 67.2 Å². The Kier molecular flexibility index (Phi) is 7.10. The fourth-order valence-electron chi connectivity index (χ4n) is 1.84.